The smallest absolute Gasteiger partial charge is 0.224 e. The molecule has 0 fully saturated rings. The largest absolute Gasteiger partial charge is 0.322 e. The van der Waals surface area contributed by atoms with Crippen LogP contribution in [-0.2, 0) is 4.79 Å². The van der Waals surface area contributed by atoms with E-state index in [9.17, 15) is 4.79 Å². The molecule has 1 amide bonds. The van der Waals surface area contributed by atoms with Crippen molar-refractivity contribution in [2.24, 2.45) is 0 Å². The van der Waals surface area contributed by atoms with E-state index >= 15 is 0 Å². The molecule has 0 aliphatic rings. The van der Waals surface area contributed by atoms with Crippen molar-refractivity contribution in [1.82, 2.24) is 9.97 Å². The first-order valence-corrected chi connectivity index (χ1v) is 12.4. The highest BCUT2D eigenvalue weighted by molar-refractivity contribution is 7.99. The van der Waals surface area contributed by atoms with Crippen LogP contribution < -0.4 is 5.32 Å². The number of anilines is 1. The van der Waals surface area contributed by atoms with E-state index in [4.69, 9.17) is 0 Å². The number of unbranched alkanes of at least 4 members (excludes halogenated alkanes) is 10. The van der Waals surface area contributed by atoms with Gasteiger partial charge in [0.05, 0.1) is 0 Å². The number of carbonyl (C=O) groups is 1. The summed E-state index contributed by atoms with van der Waals surface area (Å²) in [5.41, 5.74) is 0.764. The first-order chi connectivity index (χ1) is 12.7. The van der Waals surface area contributed by atoms with Crippen LogP contribution in [0.5, 0.6) is 0 Å². The maximum atomic E-state index is 12.2. The van der Waals surface area contributed by atoms with E-state index in [2.05, 4.69) is 22.2 Å². The number of nitrogens with zero attached hydrogens (tertiary/aromatic N) is 2. The highest BCUT2D eigenvalue weighted by Crippen LogP contribution is 2.30. The molecule has 0 radical (unpaired) electrons. The summed E-state index contributed by atoms with van der Waals surface area (Å²) < 4.78 is 0. The van der Waals surface area contributed by atoms with Crippen LogP contribution in [0, 0.1) is 0 Å². The standard InChI is InChI=1S/C20H35N3OS2/c1-4-5-6-7-8-9-10-11-12-13-14-15-17(24)23-18-19(25-2)21-16-22-20(18)26-3/h16H,4-15H2,1-3H3,(H,23,24). The van der Waals surface area contributed by atoms with Gasteiger partial charge in [-0.05, 0) is 18.9 Å². The van der Waals surface area contributed by atoms with Gasteiger partial charge >= 0.3 is 0 Å². The maximum Gasteiger partial charge on any atom is 0.224 e. The van der Waals surface area contributed by atoms with Crippen molar-refractivity contribution in [3.8, 4) is 0 Å². The lowest BCUT2D eigenvalue weighted by atomic mass is 10.1. The molecule has 0 saturated heterocycles. The molecule has 0 saturated carbocycles. The van der Waals surface area contributed by atoms with Crippen LogP contribution in [0.4, 0.5) is 5.69 Å². The summed E-state index contributed by atoms with van der Waals surface area (Å²) in [4.78, 5) is 20.7. The van der Waals surface area contributed by atoms with E-state index in [1.807, 2.05) is 12.5 Å². The zero-order valence-electron chi connectivity index (χ0n) is 16.7. The van der Waals surface area contributed by atoms with E-state index in [0.29, 0.717) is 6.42 Å². The Morgan fingerprint density at radius 1 is 0.846 bits per heavy atom. The minimum atomic E-state index is 0.0707. The van der Waals surface area contributed by atoms with Crippen LogP contribution in [0.15, 0.2) is 16.4 Å². The lowest BCUT2D eigenvalue weighted by Crippen LogP contribution is -2.13. The Morgan fingerprint density at radius 3 is 1.77 bits per heavy atom. The molecule has 1 N–H and O–H groups in total. The van der Waals surface area contributed by atoms with Crippen LogP contribution in [0.1, 0.15) is 84.0 Å². The normalized spacial score (nSPS) is 10.9. The molecule has 1 aromatic rings. The van der Waals surface area contributed by atoms with Gasteiger partial charge in [-0.1, -0.05) is 71.1 Å². The third-order valence-corrected chi connectivity index (χ3v) is 5.83. The number of thioether (sulfide) groups is 2. The molecule has 1 heterocycles. The first-order valence-electron chi connectivity index (χ1n) is 9.95. The van der Waals surface area contributed by atoms with Crippen molar-refractivity contribution in [1.29, 1.82) is 0 Å². The number of nitrogens with one attached hydrogen (secondary N) is 1. The van der Waals surface area contributed by atoms with Gasteiger partial charge < -0.3 is 5.32 Å². The van der Waals surface area contributed by atoms with Gasteiger partial charge in [0.15, 0.2) is 0 Å². The third-order valence-electron chi connectivity index (χ3n) is 4.44. The Labute approximate surface area is 168 Å². The summed E-state index contributed by atoms with van der Waals surface area (Å²) in [6.45, 7) is 2.26. The minimum absolute atomic E-state index is 0.0707. The molecule has 148 valence electrons. The molecule has 4 nitrogen and oxygen atoms in total. The fourth-order valence-electron chi connectivity index (χ4n) is 2.92. The molecule has 0 aromatic carbocycles. The Kier molecular flexibility index (Phi) is 13.7. The van der Waals surface area contributed by atoms with Crippen LogP contribution in [0.3, 0.4) is 0 Å². The quantitative estimate of drug-likeness (QED) is 0.206. The Hall–Kier alpha value is -0.750. The summed E-state index contributed by atoms with van der Waals surface area (Å²) in [6.07, 6.45) is 20.3. The fraction of sp³-hybridized carbons (Fsp3) is 0.750. The number of aromatic nitrogens is 2. The average Bonchev–Trinajstić information content (AvgIpc) is 2.66. The van der Waals surface area contributed by atoms with E-state index in [1.54, 1.807) is 6.33 Å². The summed E-state index contributed by atoms with van der Waals surface area (Å²) in [7, 11) is 0. The summed E-state index contributed by atoms with van der Waals surface area (Å²) in [5.74, 6) is 0.0707. The van der Waals surface area contributed by atoms with E-state index in [-0.39, 0.29) is 5.91 Å². The van der Waals surface area contributed by atoms with Gasteiger partial charge in [0.25, 0.3) is 0 Å². The van der Waals surface area contributed by atoms with Crippen molar-refractivity contribution in [2.45, 2.75) is 94.0 Å². The second kappa shape index (κ2) is 15.3. The first kappa shape index (κ1) is 23.3. The van der Waals surface area contributed by atoms with Crippen molar-refractivity contribution in [3.63, 3.8) is 0 Å². The minimum Gasteiger partial charge on any atom is -0.322 e. The topological polar surface area (TPSA) is 54.9 Å². The number of hydrogen-bond donors (Lipinski definition) is 1. The zero-order chi connectivity index (χ0) is 19.0. The van der Waals surface area contributed by atoms with Crippen LogP contribution in [0.25, 0.3) is 0 Å². The lowest BCUT2D eigenvalue weighted by Gasteiger charge is -2.11. The van der Waals surface area contributed by atoms with Crippen LogP contribution >= 0.6 is 23.5 Å². The van der Waals surface area contributed by atoms with Gasteiger partial charge in [0.1, 0.15) is 22.1 Å². The van der Waals surface area contributed by atoms with Crippen molar-refractivity contribution < 1.29 is 4.79 Å². The molecule has 0 aliphatic heterocycles. The zero-order valence-corrected chi connectivity index (χ0v) is 18.3. The maximum absolute atomic E-state index is 12.2. The molecule has 1 rings (SSSR count). The fourth-order valence-corrected chi connectivity index (χ4v) is 4.00. The highest BCUT2D eigenvalue weighted by Gasteiger charge is 2.13. The number of hydrogen-bond acceptors (Lipinski definition) is 5. The molecule has 0 aliphatic carbocycles. The predicted molar refractivity (Wildman–Crippen MR) is 115 cm³/mol. The van der Waals surface area contributed by atoms with Gasteiger partial charge in [-0.2, -0.15) is 0 Å². The van der Waals surface area contributed by atoms with E-state index < -0.39 is 0 Å². The van der Waals surface area contributed by atoms with Gasteiger partial charge in [-0.3, -0.25) is 4.79 Å². The third kappa shape index (κ3) is 9.81. The molecular formula is C20H35N3OS2. The average molecular weight is 398 g/mol. The molecule has 6 heteroatoms. The van der Waals surface area contributed by atoms with E-state index in [0.717, 1.165) is 28.6 Å². The molecule has 0 unspecified atom stereocenters. The van der Waals surface area contributed by atoms with Gasteiger partial charge in [-0.15, -0.1) is 23.5 Å². The number of amides is 1. The van der Waals surface area contributed by atoms with Gasteiger partial charge in [-0.25, -0.2) is 9.97 Å². The molecule has 1 aromatic heterocycles. The van der Waals surface area contributed by atoms with Crippen LogP contribution in [-0.4, -0.2) is 28.4 Å². The van der Waals surface area contributed by atoms with Crippen molar-refractivity contribution >= 4 is 35.1 Å². The summed E-state index contributed by atoms with van der Waals surface area (Å²) in [5, 5.41) is 4.67. The molecule has 0 bridgehead atoms. The molecule has 0 atom stereocenters. The van der Waals surface area contributed by atoms with Crippen molar-refractivity contribution in [2.75, 3.05) is 17.8 Å². The molecule has 0 spiro atoms. The number of rotatable bonds is 15. The molecular weight excluding hydrogens is 362 g/mol. The van der Waals surface area contributed by atoms with Gasteiger partial charge in [0.2, 0.25) is 5.91 Å². The van der Waals surface area contributed by atoms with Crippen LogP contribution in [0.2, 0.25) is 0 Å². The highest BCUT2D eigenvalue weighted by atomic mass is 32.2. The second-order valence-electron chi connectivity index (χ2n) is 6.60. The molecule has 26 heavy (non-hydrogen) atoms. The predicted octanol–water partition coefficient (Wildman–Crippen LogP) is 6.56. The number of carbonyl (C=O) groups excluding carboxylic acids is 1. The summed E-state index contributed by atoms with van der Waals surface area (Å²) >= 11 is 3.07. The summed E-state index contributed by atoms with van der Waals surface area (Å²) in [6, 6.07) is 0. The Balaban J connectivity index is 2.13. The lowest BCUT2D eigenvalue weighted by molar-refractivity contribution is -0.116. The van der Waals surface area contributed by atoms with Gasteiger partial charge in [0, 0.05) is 6.42 Å². The van der Waals surface area contributed by atoms with E-state index in [1.165, 1.54) is 81.3 Å². The van der Waals surface area contributed by atoms with Crippen molar-refractivity contribution in [3.05, 3.63) is 6.33 Å². The monoisotopic (exact) mass is 397 g/mol. The SMILES string of the molecule is CCCCCCCCCCCCCC(=O)Nc1c(SC)ncnc1SC. The Morgan fingerprint density at radius 2 is 1.31 bits per heavy atom. The Bertz CT molecular complexity index is 490. The second-order valence-corrected chi connectivity index (χ2v) is 8.19.